The fourth-order valence-corrected chi connectivity index (χ4v) is 2.37. The maximum absolute atomic E-state index is 13.7. The number of benzene rings is 1. The first-order valence-corrected chi connectivity index (χ1v) is 7.68. The minimum atomic E-state index is -0.631. The van der Waals surface area contributed by atoms with Crippen molar-refractivity contribution in [3.8, 4) is 0 Å². The van der Waals surface area contributed by atoms with Crippen LogP contribution >= 0.6 is 11.6 Å². The number of carbonyl (C=O) groups excluding carboxylic acids is 1. The molecule has 0 fully saturated rings. The summed E-state index contributed by atoms with van der Waals surface area (Å²) in [5, 5.41) is 7.12. The lowest BCUT2D eigenvalue weighted by Gasteiger charge is -2.04. The van der Waals surface area contributed by atoms with Crippen molar-refractivity contribution in [1.82, 2.24) is 14.8 Å². The van der Waals surface area contributed by atoms with E-state index >= 15 is 0 Å². The van der Waals surface area contributed by atoms with Crippen LogP contribution in [0.5, 0.6) is 0 Å². The first kappa shape index (κ1) is 16.1. The van der Waals surface area contributed by atoms with Crippen LogP contribution in [-0.4, -0.2) is 20.7 Å². The van der Waals surface area contributed by atoms with Gasteiger partial charge in [0.1, 0.15) is 5.82 Å². The molecule has 0 unspecified atom stereocenters. The topological polar surface area (TPSA) is 59.8 Å². The van der Waals surface area contributed by atoms with Crippen LogP contribution in [-0.2, 0) is 13.0 Å². The summed E-state index contributed by atoms with van der Waals surface area (Å²) < 4.78 is 15.4. The van der Waals surface area contributed by atoms with Gasteiger partial charge in [-0.05, 0) is 42.3 Å². The second-order valence-corrected chi connectivity index (χ2v) is 5.58. The molecule has 0 aliphatic heterocycles. The molecule has 1 amide bonds. The molecule has 0 saturated carbocycles. The van der Waals surface area contributed by atoms with E-state index in [1.807, 2.05) is 12.1 Å². The molecular weight excluding hydrogens is 331 g/mol. The number of aromatic nitrogens is 3. The van der Waals surface area contributed by atoms with E-state index in [4.69, 9.17) is 11.6 Å². The molecule has 5 nitrogen and oxygen atoms in total. The van der Waals surface area contributed by atoms with Crippen molar-refractivity contribution in [2.45, 2.75) is 13.0 Å². The van der Waals surface area contributed by atoms with Gasteiger partial charge < -0.3 is 5.32 Å². The number of nitrogens with zero attached hydrogens (tertiary/aromatic N) is 3. The molecule has 24 heavy (non-hydrogen) atoms. The highest BCUT2D eigenvalue weighted by Gasteiger charge is 2.13. The standard InChI is InChI=1S/C17H14ClFN4O/c18-13-1-2-15(19)14(11-13)17(24)21-16-6-10-23(22-16)9-5-12-3-7-20-8-4-12/h1-4,6-8,10-11H,5,9H2,(H,21,22,24). The van der Waals surface area contributed by atoms with Crippen molar-refractivity contribution in [1.29, 1.82) is 0 Å². The van der Waals surface area contributed by atoms with Gasteiger partial charge in [-0.15, -0.1) is 0 Å². The second-order valence-electron chi connectivity index (χ2n) is 5.15. The number of amides is 1. The SMILES string of the molecule is O=C(Nc1ccn(CCc2ccncc2)n1)c1cc(Cl)ccc1F. The summed E-state index contributed by atoms with van der Waals surface area (Å²) >= 11 is 5.80. The minimum absolute atomic E-state index is 0.117. The predicted molar refractivity (Wildman–Crippen MR) is 89.5 cm³/mol. The fourth-order valence-electron chi connectivity index (χ4n) is 2.20. The quantitative estimate of drug-likeness (QED) is 0.769. The maximum Gasteiger partial charge on any atom is 0.259 e. The van der Waals surface area contributed by atoms with Gasteiger partial charge in [0.2, 0.25) is 0 Å². The van der Waals surface area contributed by atoms with Gasteiger partial charge in [-0.1, -0.05) is 11.6 Å². The molecule has 2 aromatic heterocycles. The largest absolute Gasteiger partial charge is 0.305 e. The first-order valence-electron chi connectivity index (χ1n) is 7.30. The lowest BCUT2D eigenvalue weighted by molar-refractivity contribution is 0.102. The molecule has 1 N–H and O–H groups in total. The highest BCUT2D eigenvalue weighted by atomic mass is 35.5. The molecule has 3 aromatic rings. The number of rotatable bonds is 5. The van der Waals surface area contributed by atoms with Gasteiger partial charge in [0.05, 0.1) is 5.56 Å². The van der Waals surface area contributed by atoms with Crippen LogP contribution in [0, 0.1) is 5.82 Å². The van der Waals surface area contributed by atoms with Crippen molar-refractivity contribution >= 4 is 23.3 Å². The van der Waals surface area contributed by atoms with Crippen LogP contribution in [0.25, 0.3) is 0 Å². The van der Waals surface area contributed by atoms with E-state index in [2.05, 4.69) is 15.4 Å². The Morgan fingerprint density at radius 3 is 2.79 bits per heavy atom. The number of carbonyl (C=O) groups is 1. The van der Waals surface area contributed by atoms with Gasteiger partial charge in [0.25, 0.3) is 5.91 Å². The van der Waals surface area contributed by atoms with Crippen molar-refractivity contribution in [3.05, 3.63) is 77.0 Å². The van der Waals surface area contributed by atoms with Crippen LogP contribution < -0.4 is 5.32 Å². The molecule has 2 heterocycles. The number of nitrogens with one attached hydrogen (secondary N) is 1. The minimum Gasteiger partial charge on any atom is -0.305 e. The number of pyridine rings is 1. The molecular formula is C17H14ClFN4O. The smallest absolute Gasteiger partial charge is 0.259 e. The molecule has 0 radical (unpaired) electrons. The fraction of sp³-hybridized carbons (Fsp3) is 0.118. The Morgan fingerprint density at radius 1 is 1.21 bits per heavy atom. The van der Waals surface area contributed by atoms with Crippen molar-refractivity contribution in [3.63, 3.8) is 0 Å². The van der Waals surface area contributed by atoms with Crippen LogP contribution in [0.15, 0.2) is 55.0 Å². The van der Waals surface area contributed by atoms with Gasteiger partial charge in [0.15, 0.2) is 5.82 Å². The van der Waals surface area contributed by atoms with E-state index in [0.29, 0.717) is 17.4 Å². The van der Waals surface area contributed by atoms with Crippen molar-refractivity contribution in [2.24, 2.45) is 0 Å². The highest BCUT2D eigenvalue weighted by molar-refractivity contribution is 6.31. The number of halogens is 2. The van der Waals surface area contributed by atoms with Gasteiger partial charge in [-0.3, -0.25) is 14.5 Å². The van der Waals surface area contributed by atoms with Gasteiger partial charge in [-0.25, -0.2) is 4.39 Å². The molecule has 122 valence electrons. The van der Waals surface area contributed by atoms with Crippen molar-refractivity contribution in [2.75, 3.05) is 5.32 Å². The molecule has 0 aliphatic rings. The van der Waals surface area contributed by atoms with Gasteiger partial charge >= 0.3 is 0 Å². The predicted octanol–water partition coefficient (Wildman–Crippen LogP) is 3.57. The zero-order valence-electron chi connectivity index (χ0n) is 12.6. The van der Waals surface area contributed by atoms with E-state index in [1.54, 1.807) is 29.3 Å². The average molecular weight is 345 g/mol. The van der Waals surface area contributed by atoms with E-state index in [1.165, 1.54) is 12.1 Å². The highest BCUT2D eigenvalue weighted by Crippen LogP contribution is 2.16. The number of hydrogen-bond donors (Lipinski definition) is 1. The Balaban J connectivity index is 1.63. The summed E-state index contributed by atoms with van der Waals surface area (Å²) in [6.07, 6.45) is 6.03. The van der Waals surface area contributed by atoms with Crippen LogP contribution in [0.1, 0.15) is 15.9 Å². The van der Waals surface area contributed by atoms with E-state index in [-0.39, 0.29) is 5.56 Å². The number of hydrogen-bond acceptors (Lipinski definition) is 3. The summed E-state index contributed by atoms with van der Waals surface area (Å²) in [6.45, 7) is 0.658. The van der Waals surface area contributed by atoms with Crippen LogP contribution in [0.2, 0.25) is 5.02 Å². The third-order valence-corrected chi connectivity index (χ3v) is 3.67. The third-order valence-electron chi connectivity index (χ3n) is 3.43. The van der Waals surface area contributed by atoms with Crippen LogP contribution in [0.3, 0.4) is 0 Å². The Bertz CT molecular complexity index is 851. The molecule has 0 atom stereocenters. The zero-order chi connectivity index (χ0) is 16.9. The average Bonchev–Trinajstić information content (AvgIpc) is 3.03. The molecule has 7 heteroatoms. The molecule has 0 bridgehead atoms. The number of anilines is 1. The first-order chi connectivity index (χ1) is 11.6. The molecule has 1 aromatic carbocycles. The summed E-state index contributed by atoms with van der Waals surface area (Å²) in [4.78, 5) is 16.1. The lowest BCUT2D eigenvalue weighted by Crippen LogP contribution is -2.14. The van der Waals surface area contributed by atoms with Crippen molar-refractivity contribution < 1.29 is 9.18 Å². The normalized spacial score (nSPS) is 10.6. The second kappa shape index (κ2) is 7.23. The Morgan fingerprint density at radius 2 is 2.00 bits per heavy atom. The lowest BCUT2D eigenvalue weighted by atomic mass is 10.2. The monoisotopic (exact) mass is 344 g/mol. The molecule has 0 aliphatic carbocycles. The third kappa shape index (κ3) is 3.97. The van der Waals surface area contributed by atoms with E-state index < -0.39 is 11.7 Å². The molecule has 0 spiro atoms. The van der Waals surface area contributed by atoms with Gasteiger partial charge in [-0.2, -0.15) is 5.10 Å². The Labute approximate surface area is 143 Å². The number of aryl methyl sites for hydroxylation is 2. The molecule has 0 saturated heterocycles. The Kier molecular flexibility index (Phi) is 4.86. The van der Waals surface area contributed by atoms with E-state index in [9.17, 15) is 9.18 Å². The summed E-state index contributed by atoms with van der Waals surface area (Å²) in [6, 6.07) is 9.37. The maximum atomic E-state index is 13.7. The summed E-state index contributed by atoms with van der Waals surface area (Å²) in [7, 11) is 0. The van der Waals surface area contributed by atoms with Crippen LogP contribution in [0.4, 0.5) is 10.2 Å². The zero-order valence-corrected chi connectivity index (χ0v) is 13.4. The van der Waals surface area contributed by atoms with Gasteiger partial charge in [0, 0.05) is 36.2 Å². The van der Waals surface area contributed by atoms with E-state index in [0.717, 1.165) is 18.1 Å². The Hall–Kier alpha value is -2.73. The summed E-state index contributed by atoms with van der Waals surface area (Å²) in [5.41, 5.74) is 1.03. The summed E-state index contributed by atoms with van der Waals surface area (Å²) in [5.74, 6) is -0.863. The molecule has 3 rings (SSSR count).